The molecule has 6 nitrogen and oxygen atoms in total. The number of para-hydroxylation sites is 1. The summed E-state index contributed by atoms with van der Waals surface area (Å²) in [5.74, 6) is 2.74. The molecule has 1 heterocycles. The third-order valence-electron chi connectivity index (χ3n) is 5.23. The number of aliphatic imine (C=N–C) groups is 1. The highest BCUT2D eigenvalue weighted by atomic mass is 16.5. The predicted molar refractivity (Wildman–Crippen MR) is 112 cm³/mol. The molecule has 2 aliphatic rings. The average molecular weight is 387 g/mol. The van der Waals surface area contributed by atoms with Crippen molar-refractivity contribution in [3.05, 3.63) is 29.8 Å². The number of nitrogens with zero attached hydrogens (tertiary/aromatic N) is 2. The number of carbonyl (C=O) groups is 1. The van der Waals surface area contributed by atoms with Crippen LogP contribution >= 0.6 is 0 Å². The molecule has 2 N–H and O–H groups in total. The van der Waals surface area contributed by atoms with Crippen molar-refractivity contribution in [2.45, 2.75) is 52.6 Å². The fraction of sp³-hybridized carbons (Fsp3) is 0.636. The lowest BCUT2D eigenvalue weighted by atomic mass is 10.2. The van der Waals surface area contributed by atoms with Crippen LogP contribution in [0.5, 0.6) is 5.75 Å². The molecule has 0 radical (unpaired) electrons. The lowest BCUT2D eigenvalue weighted by Crippen LogP contribution is -2.45. The van der Waals surface area contributed by atoms with Crippen LogP contribution in [0.4, 0.5) is 0 Å². The number of hydrogen-bond donors (Lipinski definition) is 2. The van der Waals surface area contributed by atoms with Crippen molar-refractivity contribution in [1.82, 2.24) is 15.5 Å². The fourth-order valence-electron chi connectivity index (χ4n) is 3.39. The van der Waals surface area contributed by atoms with Crippen molar-refractivity contribution in [3.63, 3.8) is 0 Å². The van der Waals surface area contributed by atoms with Crippen LogP contribution in [-0.2, 0) is 11.3 Å². The first-order valence-electron chi connectivity index (χ1n) is 10.6. The highest BCUT2D eigenvalue weighted by Crippen LogP contribution is 2.30. The summed E-state index contributed by atoms with van der Waals surface area (Å²) in [4.78, 5) is 18.9. The van der Waals surface area contributed by atoms with Crippen molar-refractivity contribution in [2.24, 2.45) is 16.8 Å². The van der Waals surface area contributed by atoms with Gasteiger partial charge in [0.25, 0.3) is 0 Å². The van der Waals surface area contributed by atoms with E-state index in [0.29, 0.717) is 6.54 Å². The molecular formula is C22H34N4O2. The normalized spacial score (nSPS) is 19.8. The molecule has 3 rings (SSSR count). The van der Waals surface area contributed by atoms with E-state index in [4.69, 9.17) is 9.73 Å². The van der Waals surface area contributed by atoms with E-state index in [1.807, 2.05) is 36.9 Å². The Bertz CT molecular complexity index is 685. The predicted octanol–water partition coefficient (Wildman–Crippen LogP) is 2.79. The zero-order valence-electron chi connectivity index (χ0n) is 17.4. The van der Waals surface area contributed by atoms with Crippen molar-refractivity contribution in [1.29, 1.82) is 0 Å². The van der Waals surface area contributed by atoms with Crippen molar-refractivity contribution in [3.8, 4) is 5.75 Å². The van der Waals surface area contributed by atoms with Gasteiger partial charge in [-0.25, -0.2) is 4.99 Å². The van der Waals surface area contributed by atoms with Crippen LogP contribution in [0.15, 0.2) is 29.3 Å². The van der Waals surface area contributed by atoms with Gasteiger partial charge in [0, 0.05) is 37.2 Å². The molecule has 1 saturated carbocycles. The fourth-order valence-corrected chi connectivity index (χ4v) is 3.39. The van der Waals surface area contributed by atoms with Crippen LogP contribution in [0.3, 0.4) is 0 Å². The lowest BCUT2D eigenvalue weighted by molar-refractivity contribution is -0.133. The molecule has 1 aromatic carbocycles. The summed E-state index contributed by atoms with van der Waals surface area (Å²) in [6, 6.07) is 8.38. The first kappa shape index (κ1) is 20.5. The number of nitrogens with one attached hydrogen (secondary N) is 2. The van der Waals surface area contributed by atoms with Gasteiger partial charge in [0.05, 0.1) is 13.2 Å². The van der Waals surface area contributed by atoms with Crippen LogP contribution in [0, 0.1) is 11.8 Å². The summed E-state index contributed by atoms with van der Waals surface area (Å²) in [6.07, 6.45) is 3.52. The summed E-state index contributed by atoms with van der Waals surface area (Å²) in [7, 11) is 0. The highest BCUT2D eigenvalue weighted by molar-refractivity contribution is 5.81. The molecule has 1 aromatic rings. The Hall–Kier alpha value is -2.24. The number of carbonyl (C=O) groups excluding carboxylic acids is 1. The first-order chi connectivity index (χ1) is 13.6. The van der Waals surface area contributed by atoms with E-state index in [1.165, 1.54) is 12.8 Å². The molecule has 2 fully saturated rings. The molecule has 0 spiro atoms. The van der Waals surface area contributed by atoms with E-state index in [1.54, 1.807) is 0 Å². The number of ether oxygens (including phenoxy) is 1. The van der Waals surface area contributed by atoms with Crippen molar-refractivity contribution < 1.29 is 9.53 Å². The largest absolute Gasteiger partial charge is 0.493 e. The summed E-state index contributed by atoms with van der Waals surface area (Å²) < 4.78 is 6.00. The number of rotatable bonds is 8. The van der Waals surface area contributed by atoms with Crippen LogP contribution in [0.2, 0.25) is 0 Å². The number of hydrogen-bond acceptors (Lipinski definition) is 3. The van der Waals surface area contributed by atoms with E-state index in [9.17, 15) is 4.79 Å². The third-order valence-corrected chi connectivity index (χ3v) is 5.23. The van der Waals surface area contributed by atoms with Gasteiger partial charge in [-0.05, 0) is 38.2 Å². The standard InChI is InChI=1S/C22H34N4O2/c1-4-23-22(25-19-11-12-26(14-19)21(27)16(2)3)24-13-18-7-5-6-8-20(18)28-15-17-9-10-17/h5-8,16-17,19H,4,9-15H2,1-3H3,(H2,23,24,25). The molecule has 1 saturated heterocycles. The molecule has 6 heteroatoms. The van der Waals surface area contributed by atoms with Crippen LogP contribution in [0.1, 0.15) is 45.6 Å². The maximum absolute atomic E-state index is 12.2. The molecule has 1 atom stereocenters. The second kappa shape index (κ2) is 9.80. The Morgan fingerprint density at radius 1 is 1.29 bits per heavy atom. The van der Waals surface area contributed by atoms with Crippen LogP contribution in [-0.4, -0.2) is 49.0 Å². The van der Waals surface area contributed by atoms with Gasteiger partial charge < -0.3 is 20.3 Å². The minimum absolute atomic E-state index is 0.0489. The number of guanidine groups is 1. The van der Waals surface area contributed by atoms with E-state index in [-0.39, 0.29) is 17.9 Å². The molecule has 1 aliphatic heterocycles. The van der Waals surface area contributed by atoms with Gasteiger partial charge in [-0.2, -0.15) is 0 Å². The Labute approximate surface area is 168 Å². The quantitative estimate of drug-likeness (QED) is 0.533. The Morgan fingerprint density at radius 3 is 2.79 bits per heavy atom. The second-order valence-electron chi connectivity index (χ2n) is 8.13. The lowest BCUT2D eigenvalue weighted by Gasteiger charge is -2.20. The Balaban J connectivity index is 1.58. The molecule has 1 aliphatic carbocycles. The number of benzene rings is 1. The van der Waals surface area contributed by atoms with Gasteiger partial charge in [0.15, 0.2) is 5.96 Å². The van der Waals surface area contributed by atoms with Gasteiger partial charge in [0.1, 0.15) is 5.75 Å². The van der Waals surface area contributed by atoms with Crippen LogP contribution < -0.4 is 15.4 Å². The maximum atomic E-state index is 12.2. The van der Waals surface area contributed by atoms with Crippen molar-refractivity contribution >= 4 is 11.9 Å². The summed E-state index contributed by atoms with van der Waals surface area (Å²) in [5, 5.41) is 6.82. The topological polar surface area (TPSA) is 66.0 Å². The summed E-state index contributed by atoms with van der Waals surface area (Å²) >= 11 is 0. The SMILES string of the molecule is CCNC(=NCc1ccccc1OCC1CC1)NC1CCN(C(=O)C(C)C)C1. The first-order valence-corrected chi connectivity index (χ1v) is 10.6. The van der Waals surface area contributed by atoms with Crippen molar-refractivity contribution in [2.75, 3.05) is 26.2 Å². The molecule has 1 amide bonds. The number of likely N-dealkylation sites (tertiary alicyclic amines) is 1. The minimum atomic E-state index is 0.0489. The van der Waals surface area contributed by atoms with Gasteiger partial charge in [0.2, 0.25) is 5.91 Å². The molecule has 1 unspecified atom stereocenters. The minimum Gasteiger partial charge on any atom is -0.493 e. The van der Waals surface area contributed by atoms with E-state index in [0.717, 1.165) is 55.9 Å². The molecule has 28 heavy (non-hydrogen) atoms. The highest BCUT2D eigenvalue weighted by Gasteiger charge is 2.28. The second-order valence-corrected chi connectivity index (χ2v) is 8.13. The van der Waals surface area contributed by atoms with Crippen LogP contribution in [0.25, 0.3) is 0 Å². The third kappa shape index (κ3) is 5.88. The Kier molecular flexibility index (Phi) is 7.18. The van der Waals surface area contributed by atoms with E-state index < -0.39 is 0 Å². The average Bonchev–Trinajstić information content (AvgIpc) is 3.41. The van der Waals surface area contributed by atoms with Gasteiger partial charge in [-0.1, -0.05) is 32.0 Å². The van der Waals surface area contributed by atoms with Gasteiger partial charge in [-0.15, -0.1) is 0 Å². The Morgan fingerprint density at radius 2 is 2.07 bits per heavy atom. The van der Waals surface area contributed by atoms with Gasteiger partial charge >= 0.3 is 0 Å². The van der Waals surface area contributed by atoms with E-state index in [2.05, 4.69) is 23.6 Å². The summed E-state index contributed by atoms with van der Waals surface area (Å²) in [6.45, 7) is 9.70. The molecule has 154 valence electrons. The summed E-state index contributed by atoms with van der Waals surface area (Å²) in [5.41, 5.74) is 1.10. The molecule has 0 bridgehead atoms. The van der Waals surface area contributed by atoms with E-state index >= 15 is 0 Å². The zero-order valence-corrected chi connectivity index (χ0v) is 17.4. The maximum Gasteiger partial charge on any atom is 0.225 e. The zero-order chi connectivity index (χ0) is 19.9. The van der Waals surface area contributed by atoms with Gasteiger partial charge in [-0.3, -0.25) is 4.79 Å². The molecular weight excluding hydrogens is 352 g/mol. The smallest absolute Gasteiger partial charge is 0.225 e. The molecule has 0 aromatic heterocycles. The monoisotopic (exact) mass is 386 g/mol. The number of amides is 1.